The lowest BCUT2D eigenvalue weighted by molar-refractivity contribution is 0.115. The minimum Gasteiger partial charge on any atom is -0.454 e. The Morgan fingerprint density at radius 1 is 0.885 bits per heavy atom. The molecule has 0 radical (unpaired) electrons. The summed E-state index contributed by atoms with van der Waals surface area (Å²) < 4.78 is 10.8. The van der Waals surface area contributed by atoms with Crippen LogP contribution in [0.4, 0.5) is 0 Å². The zero-order valence-corrected chi connectivity index (χ0v) is 18.1. The standard InChI is InChI=1S/C18H29N3O2.3ClH/c1-3-19(4-2)7-8-20-9-11-21(12-10-20)14-16-5-6-17-18(13-16)23-15-22-17;;;/h5-6,13H,3-4,7-12,14-15H2,1-2H3;3*1H. The predicted octanol–water partition coefficient (Wildman–Crippen LogP) is 3.14. The smallest absolute Gasteiger partial charge is 0.231 e. The van der Waals surface area contributed by atoms with E-state index in [1.807, 2.05) is 6.07 Å². The highest BCUT2D eigenvalue weighted by Gasteiger charge is 2.19. The maximum absolute atomic E-state index is 5.47. The molecule has 1 aromatic carbocycles. The molecule has 1 fully saturated rings. The molecular weight excluding hydrogens is 397 g/mol. The van der Waals surface area contributed by atoms with E-state index in [2.05, 4.69) is 40.7 Å². The Morgan fingerprint density at radius 2 is 1.50 bits per heavy atom. The van der Waals surface area contributed by atoms with Gasteiger partial charge in [0.1, 0.15) is 0 Å². The number of likely N-dealkylation sites (N-methyl/N-ethyl adjacent to an activating group) is 1. The Morgan fingerprint density at radius 3 is 2.15 bits per heavy atom. The summed E-state index contributed by atoms with van der Waals surface area (Å²) in [6, 6.07) is 6.30. The van der Waals surface area contributed by atoms with Crippen LogP contribution in [-0.4, -0.2) is 73.9 Å². The monoisotopic (exact) mass is 427 g/mol. The minimum atomic E-state index is 0. The Hall–Kier alpha value is -0.430. The van der Waals surface area contributed by atoms with Crippen LogP contribution in [0, 0.1) is 0 Å². The fourth-order valence-electron chi connectivity index (χ4n) is 3.29. The van der Waals surface area contributed by atoms with Crippen molar-refractivity contribution in [1.29, 1.82) is 0 Å². The second kappa shape index (κ2) is 12.9. The number of halogens is 3. The van der Waals surface area contributed by atoms with Gasteiger partial charge in [0.15, 0.2) is 11.5 Å². The van der Waals surface area contributed by atoms with E-state index in [-0.39, 0.29) is 37.2 Å². The van der Waals surface area contributed by atoms with Gasteiger partial charge < -0.3 is 14.4 Å². The molecular formula is C18H32Cl3N3O2. The van der Waals surface area contributed by atoms with Crippen LogP contribution in [0.3, 0.4) is 0 Å². The largest absolute Gasteiger partial charge is 0.454 e. The maximum Gasteiger partial charge on any atom is 0.231 e. The first-order chi connectivity index (χ1) is 11.3. The van der Waals surface area contributed by atoms with Gasteiger partial charge in [-0.2, -0.15) is 0 Å². The first-order valence-electron chi connectivity index (χ1n) is 8.84. The van der Waals surface area contributed by atoms with E-state index < -0.39 is 0 Å². The molecule has 0 saturated carbocycles. The average molecular weight is 429 g/mol. The molecule has 2 aliphatic rings. The van der Waals surface area contributed by atoms with Crippen molar-refractivity contribution in [3.8, 4) is 11.5 Å². The van der Waals surface area contributed by atoms with Gasteiger partial charge in [0.25, 0.3) is 0 Å². The molecule has 5 nitrogen and oxygen atoms in total. The molecule has 0 amide bonds. The lowest BCUT2D eigenvalue weighted by Gasteiger charge is -2.35. The molecule has 152 valence electrons. The second-order valence-electron chi connectivity index (χ2n) is 6.33. The number of hydrogen-bond acceptors (Lipinski definition) is 5. The molecule has 0 aliphatic carbocycles. The van der Waals surface area contributed by atoms with E-state index in [9.17, 15) is 0 Å². The molecule has 8 heteroatoms. The molecule has 0 atom stereocenters. The highest BCUT2D eigenvalue weighted by molar-refractivity contribution is 5.86. The molecule has 0 N–H and O–H groups in total. The first kappa shape index (κ1) is 25.6. The van der Waals surface area contributed by atoms with E-state index in [0.29, 0.717) is 6.79 Å². The highest BCUT2D eigenvalue weighted by Crippen LogP contribution is 2.32. The average Bonchev–Trinajstić information content (AvgIpc) is 3.05. The van der Waals surface area contributed by atoms with Crippen molar-refractivity contribution in [3.05, 3.63) is 23.8 Å². The van der Waals surface area contributed by atoms with Gasteiger partial charge in [0.05, 0.1) is 0 Å². The summed E-state index contributed by atoms with van der Waals surface area (Å²) >= 11 is 0. The molecule has 3 rings (SSSR count). The van der Waals surface area contributed by atoms with Gasteiger partial charge >= 0.3 is 0 Å². The number of ether oxygens (including phenoxy) is 2. The van der Waals surface area contributed by atoms with Gasteiger partial charge in [0.2, 0.25) is 6.79 Å². The Kier molecular flexibility index (Phi) is 12.7. The Balaban J connectivity index is 0.00000208. The van der Waals surface area contributed by atoms with Crippen LogP contribution < -0.4 is 9.47 Å². The number of nitrogens with zero attached hydrogens (tertiary/aromatic N) is 3. The third-order valence-corrected chi connectivity index (χ3v) is 4.93. The fraction of sp³-hybridized carbons (Fsp3) is 0.667. The summed E-state index contributed by atoms with van der Waals surface area (Å²) in [4.78, 5) is 7.62. The first-order valence-corrected chi connectivity index (χ1v) is 8.84. The van der Waals surface area contributed by atoms with Gasteiger partial charge in [0, 0.05) is 45.8 Å². The third-order valence-electron chi connectivity index (χ3n) is 4.93. The summed E-state index contributed by atoms with van der Waals surface area (Å²) in [5.41, 5.74) is 1.31. The van der Waals surface area contributed by atoms with E-state index in [1.54, 1.807) is 0 Å². The van der Waals surface area contributed by atoms with Crippen molar-refractivity contribution in [2.45, 2.75) is 20.4 Å². The van der Waals surface area contributed by atoms with Crippen LogP contribution in [-0.2, 0) is 6.54 Å². The van der Waals surface area contributed by atoms with E-state index in [1.165, 1.54) is 31.7 Å². The van der Waals surface area contributed by atoms with Crippen LogP contribution in [0.2, 0.25) is 0 Å². The van der Waals surface area contributed by atoms with E-state index in [0.717, 1.165) is 44.2 Å². The fourth-order valence-corrected chi connectivity index (χ4v) is 3.29. The summed E-state index contributed by atoms with van der Waals surface area (Å²) in [6.45, 7) is 15.2. The van der Waals surface area contributed by atoms with Gasteiger partial charge in [-0.05, 0) is 30.8 Å². The van der Waals surface area contributed by atoms with Crippen molar-refractivity contribution in [2.75, 3.05) is 59.2 Å². The minimum absolute atomic E-state index is 0. The highest BCUT2D eigenvalue weighted by atomic mass is 35.5. The molecule has 0 unspecified atom stereocenters. The van der Waals surface area contributed by atoms with Crippen molar-refractivity contribution in [1.82, 2.24) is 14.7 Å². The Labute approximate surface area is 176 Å². The van der Waals surface area contributed by atoms with Crippen molar-refractivity contribution >= 4 is 37.2 Å². The van der Waals surface area contributed by atoms with Crippen LogP contribution in [0.15, 0.2) is 18.2 Å². The van der Waals surface area contributed by atoms with Crippen molar-refractivity contribution < 1.29 is 9.47 Å². The molecule has 1 aromatic rings. The zero-order valence-electron chi connectivity index (χ0n) is 15.7. The summed E-state index contributed by atoms with van der Waals surface area (Å²) in [6.07, 6.45) is 0. The molecule has 2 heterocycles. The lowest BCUT2D eigenvalue weighted by atomic mass is 10.1. The number of piperazine rings is 1. The molecule has 2 aliphatic heterocycles. The molecule has 26 heavy (non-hydrogen) atoms. The van der Waals surface area contributed by atoms with Gasteiger partial charge in [-0.25, -0.2) is 0 Å². The molecule has 0 aromatic heterocycles. The zero-order chi connectivity index (χ0) is 16.1. The molecule has 1 saturated heterocycles. The third kappa shape index (κ3) is 6.95. The normalized spacial score (nSPS) is 16.6. The van der Waals surface area contributed by atoms with E-state index >= 15 is 0 Å². The number of fused-ring (bicyclic) bond motifs is 1. The Bertz CT molecular complexity index is 510. The number of benzene rings is 1. The maximum atomic E-state index is 5.47. The van der Waals surface area contributed by atoms with Gasteiger partial charge in [-0.1, -0.05) is 19.9 Å². The predicted molar refractivity (Wildman–Crippen MR) is 114 cm³/mol. The van der Waals surface area contributed by atoms with Crippen LogP contribution >= 0.6 is 37.2 Å². The van der Waals surface area contributed by atoms with Gasteiger partial charge in [-0.15, -0.1) is 37.2 Å². The lowest BCUT2D eigenvalue weighted by Crippen LogP contribution is -2.48. The second-order valence-corrected chi connectivity index (χ2v) is 6.33. The van der Waals surface area contributed by atoms with E-state index in [4.69, 9.17) is 9.47 Å². The summed E-state index contributed by atoms with van der Waals surface area (Å²) in [5, 5.41) is 0. The van der Waals surface area contributed by atoms with Crippen LogP contribution in [0.25, 0.3) is 0 Å². The van der Waals surface area contributed by atoms with Gasteiger partial charge in [-0.3, -0.25) is 9.80 Å². The summed E-state index contributed by atoms with van der Waals surface area (Å²) in [7, 11) is 0. The van der Waals surface area contributed by atoms with Crippen molar-refractivity contribution in [3.63, 3.8) is 0 Å². The topological polar surface area (TPSA) is 28.2 Å². The van der Waals surface area contributed by atoms with Crippen molar-refractivity contribution in [2.24, 2.45) is 0 Å². The molecule has 0 spiro atoms. The SMILES string of the molecule is CCN(CC)CCN1CCN(Cc2ccc3c(c2)OCO3)CC1.Cl.Cl.Cl. The van der Waals surface area contributed by atoms with Crippen LogP contribution in [0.5, 0.6) is 11.5 Å². The number of hydrogen-bond donors (Lipinski definition) is 0. The molecule has 0 bridgehead atoms. The quantitative estimate of drug-likeness (QED) is 0.665. The van der Waals surface area contributed by atoms with Crippen LogP contribution in [0.1, 0.15) is 19.4 Å². The summed E-state index contributed by atoms with van der Waals surface area (Å²) in [5.74, 6) is 1.76. The number of rotatable bonds is 7.